The first kappa shape index (κ1) is 18.2. The van der Waals surface area contributed by atoms with Crippen LogP contribution >= 0.6 is 0 Å². The predicted octanol–water partition coefficient (Wildman–Crippen LogP) is 1.81. The van der Waals surface area contributed by atoms with E-state index in [0.29, 0.717) is 11.3 Å². The number of nitrogens with zero attached hydrogens (tertiary/aromatic N) is 3. The van der Waals surface area contributed by atoms with Crippen molar-refractivity contribution >= 4 is 27.5 Å². The molecule has 2 aromatic heterocycles. The number of hydrogen-bond donors (Lipinski definition) is 1. The number of carbonyl (C=O) groups excluding carboxylic acids is 1. The number of nitrogens with one attached hydrogen (secondary N) is 1. The van der Waals surface area contributed by atoms with Crippen LogP contribution in [-0.4, -0.2) is 36.2 Å². The van der Waals surface area contributed by atoms with Gasteiger partial charge in [-0.3, -0.25) is 14.5 Å². The Morgan fingerprint density at radius 1 is 1.25 bits per heavy atom. The normalized spacial score (nSPS) is 16.1. The Bertz CT molecular complexity index is 1200. The molecule has 9 heteroatoms. The summed E-state index contributed by atoms with van der Waals surface area (Å²) in [6.07, 6.45) is 3.75. The Hall–Kier alpha value is -3.20. The van der Waals surface area contributed by atoms with Gasteiger partial charge in [0.2, 0.25) is 0 Å². The maximum Gasteiger partial charge on any atom is 0.308 e. The third-order valence-corrected chi connectivity index (χ3v) is 5.75. The molecular formula is C19H18N4O4S. The number of hydrogen-bond acceptors (Lipinski definition) is 6. The SMILES string of the molecule is Cc1cccn2cc(COC(=O)CCN=C3NS(=O)(=O)c4ccccc43)nc12. The van der Waals surface area contributed by atoms with Crippen molar-refractivity contribution in [1.82, 2.24) is 14.1 Å². The molecule has 3 aromatic rings. The highest BCUT2D eigenvalue weighted by atomic mass is 32.2. The zero-order valence-corrected chi connectivity index (χ0v) is 15.9. The van der Waals surface area contributed by atoms with Crippen LogP contribution in [0.4, 0.5) is 0 Å². The molecule has 0 bridgehead atoms. The van der Waals surface area contributed by atoms with Crippen molar-refractivity contribution in [1.29, 1.82) is 0 Å². The second-order valence-electron chi connectivity index (χ2n) is 6.40. The van der Waals surface area contributed by atoms with Gasteiger partial charge in [0.05, 0.1) is 23.6 Å². The van der Waals surface area contributed by atoms with Gasteiger partial charge in [0.25, 0.3) is 10.0 Å². The average molecular weight is 398 g/mol. The Morgan fingerprint density at radius 3 is 2.89 bits per heavy atom. The lowest BCUT2D eigenvalue weighted by molar-refractivity contribution is -0.144. The monoisotopic (exact) mass is 398 g/mol. The van der Waals surface area contributed by atoms with Gasteiger partial charge in [0, 0.05) is 18.0 Å². The minimum Gasteiger partial charge on any atom is -0.459 e. The molecule has 0 radical (unpaired) electrons. The molecule has 8 nitrogen and oxygen atoms in total. The zero-order valence-electron chi connectivity index (χ0n) is 15.1. The van der Waals surface area contributed by atoms with Crippen molar-refractivity contribution in [2.75, 3.05) is 6.54 Å². The summed E-state index contributed by atoms with van der Waals surface area (Å²) in [6.45, 7) is 2.16. The van der Waals surface area contributed by atoms with Gasteiger partial charge in [0.1, 0.15) is 18.1 Å². The molecule has 28 heavy (non-hydrogen) atoms. The van der Waals surface area contributed by atoms with Gasteiger partial charge >= 0.3 is 5.97 Å². The summed E-state index contributed by atoms with van der Waals surface area (Å²) in [4.78, 5) is 20.8. The number of fused-ring (bicyclic) bond motifs is 2. The highest BCUT2D eigenvalue weighted by molar-refractivity contribution is 7.90. The number of imidazole rings is 1. The third-order valence-electron chi connectivity index (χ3n) is 4.36. The van der Waals surface area contributed by atoms with Crippen molar-refractivity contribution in [3.8, 4) is 0 Å². The van der Waals surface area contributed by atoms with Crippen molar-refractivity contribution in [3.63, 3.8) is 0 Å². The number of carbonyl (C=O) groups is 1. The molecule has 0 fully saturated rings. The number of benzene rings is 1. The van der Waals surface area contributed by atoms with Crippen LogP contribution in [-0.2, 0) is 26.2 Å². The van der Waals surface area contributed by atoms with Crippen LogP contribution in [0.25, 0.3) is 5.65 Å². The van der Waals surface area contributed by atoms with E-state index in [-0.39, 0.29) is 30.3 Å². The van der Waals surface area contributed by atoms with Crippen LogP contribution in [0.5, 0.6) is 0 Å². The predicted molar refractivity (Wildman–Crippen MR) is 103 cm³/mol. The lowest BCUT2D eigenvalue weighted by atomic mass is 10.2. The topological polar surface area (TPSA) is 102 Å². The van der Waals surface area contributed by atoms with Crippen molar-refractivity contribution in [2.45, 2.75) is 24.8 Å². The molecule has 0 atom stereocenters. The Labute approximate surface area is 161 Å². The van der Waals surface area contributed by atoms with Gasteiger partial charge < -0.3 is 9.14 Å². The van der Waals surface area contributed by atoms with E-state index >= 15 is 0 Å². The van der Waals surface area contributed by atoms with Crippen LogP contribution in [0.3, 0.4) is 0 Å². The number of rotatable bonds is 5. The van der Waals surface area contributed by atoms with Crippen LogP contribution in [0, 0.1) is 6.92 Å². The first-order valence-corrected chi connectivity index (χ1v) is 10.2. The summed E-state index contributed by atoms with van der Waals surface area (Å²) in [5.74, 6) is -0.175. The van der Waals surface area contributed by atoms with Crippen molar-refractivity contribution in [3.05, 3.63) is 65.6 Å². The van der Waals surface area contributed by atoms with Gasteiger partial charge in [-0.25, -0.2) is 13.4 Å². The number of aryl methyl sites for hydroxylation is 1. The molecule has 4 rings (SSSR count). The largest absolute Gasteiger partial charge is 0.459 e. The van der Waals surface area contributed by atoms with Gasteiger partial charge in [-0.1, -0.05) is 18.2 Å². The molecule has 144 valence electrons. The summed E-state index contributed by atoms with van der Waals surface area (Å²) in [5.41, 5.74) is 3.03. The Kier molecular flexibility index (Phi) is 4.60. The number of aliphatic imine (C=N–C) groups is 1. The molecule has 1 aliphatic heterocycles. The quantitative estimate of drug-likeness (QED) is 0.661. The minimum atomic E-state index is -3.58. The maximum absolute atomic E-state index is 12.0. The lowest BCUT2D eigenvalue weighted by Crippen LogP contribution is -2.22. The highest BCUT2D eigenvalue weighted by Gasteiger charge is 2.29. The van der Waals surface area contributed by atoms with E-state index in [4.69, 9.17) is 4.74 Å². The average Bonchev–Trinajstić information content (AvgIpc) is 3.20. The zero-order chi connectivity index (χ0) is 19.7. The fourth-order valence-corrected chi connectivity index (χ4v) is 4.26. The first-order chi connectivity index (χ1) is 13.4. The lowest BCUT2D eigenvalue weighted by Gasteiger charge is -2.02. The standard InChI is InChI=1S/C19H18N4O4S/c1-13-5-4-10-23-11-14(21-19(13)23)12-27-17(24)8-9-20-18-15-6-2-3-7-16(15)28(25,26)22-18/h2-7,10-11H,8-9,12H2,1H3,(H,20,22). The number of esters is 1. The number of amidine groups is 1. The van der Waals surface area contributed by atoms with E-state index in [1.807, 2.05) is 35.9 Å². The molecule has 0 spiro atoms. The molecular weight excluding hydrogens is 380 g/mol. The molecule has 0 aliphatic carbocycles. The summed E-state index contributed by atoms with van der Waals surface area (Å²) in [5, 5.41) is 0. The Morgan fingerprint density at radius 2 is 2.07 bits per heavy atom. The van der Waals surface area contributed by atoms with Crippen LogP contribution in [0.1, 0.15) is 23.2 Å². The summed E-state index contributed by atoms with van der Waals surface area (Å²) in [6, 6.07) is 10.5. The van der Waals surface area contributed by atoms with Crippen molar-refractivity contribution in [2.24, 2.45) is 4.99 Å². The first-order valence-electron chi connectivity index (χ1n) is 8.69. The van der Waals surface area contributed by atoms with E-state index in [1.165, 1.54) is 6.07 Å². The summed E-state index contributed by atoms with van der Waals surface area (Å²) >= 11 is 0. The van der Waals surface area contributed by atoms with Gasteiger partial charge in [-0.15, -0.1) is 0 Å². The molecule has 0 saturated heterocycles. The second kappa shape index (κ2) is 7.08. The summed E-state index contributed by atoms with van der Waals surface area (Å²) < 4.78 is 33.6. The van der Waals surface area contributed by atoms with Gasteiger partial charge in [-0.2, -0.15) is 0 Å². The van der Waals surface area contributed by atoms with Crippen LogP contribution < -0.4 is 4.72 Å². The smallest absolute Gasteiger partial charge is 0.308 e. The van der Waals surface area contributed by atoms with E-state index in [1.54, 1.807) is 18.2 Å². The van der Waals surface area contributed by atoms with Crippen LogP contribution in [0.2, 0.25) is 0 Å². The van der Waals surface area contributed by atoms with Gasteiger partial charge in [0.15, 0.2) is 0 Å². The van der Waals surface area contributed by atoms with E-state index < -0.39 is 16.0 Å². The van der Waals surface area contributed by atoms with E-state index in [0.717, 1.165) is 11.2 Å². The highest BCUT2D eigenvalue weighted by Crippen LogP contribution is 2.22. The number of ether oxygens (including phenoxy) is 1. The number of sulfonamides is 1. The van der Waals surface area contributed by atoms with E-state index in [9.17, 15) is 13.2 Å². The fourth-order valence-electron chi connectivity index (χ4n) is 3.01. The molecule has 1 aliphatic rings. The fraction of sp³-hybridized carbons (Fsp3) is 0.211. The molecule has 0 amide bonds. The minimum absolute atomic E-state index is 0.0415. The number of aromatic nitrogens is 2. The maximum atomic E-state index is 12.0. The van der Waals surface area contributed by atoms with Crippen molar-refractivity contribution < 1.29 is 17.9 Å². The van der Waals surface area contributed by atoms with Crippen LogP contribution in [0.15, 0.2) is 58.7 Å². The van der Waals surface area contributed by atoms with Gasteiger partial charge in [-0.05, 0) is 30.7 Å². The molecule has 3 heterocycles. The second-order valence-corrected chi connectivity index (χ2v) is 8.05. The summed E-state index contributed by atoms with van der Waals surface area (Å²) in [7, 11) is -3.58. The molecule has 1 aromatic carbocycles. The number of pyridine rings is 1. The molecule has 0 unspecified atom stereocenters. The molecule has 1 N–H and O–H groups in total. The Balaban J connectivity index is 1.35. The molecule has 0 saturated carbocycles. The van der Waals surface area contributed by atoms with E-state index in [2.05, 4.69) is 14.7 Å². The third kappa shape index (κ3) is 3.48.